The zero-order chi connectivity index (χ0) is 16.5. The molecular formula is C16H18O6. The molecule has 0 atom stereocenters. The van der Waals surface area contributed by atoms with Crippen molar-refractivity contribution in [3.63, 3.8) is 0 Å². The van der Waals surface area contributed by atoms with E-state index in [1.54, 1.807) is 24.3 Å². The summed E-state index contributed by atoms with van der Waals surface area (Å²) in [6, 6.07) is 6.40. The van der Waals surface area contributed by atoms with Gasteiger partial charge < -0.3 is 14.2 Å². The summed E-state index contributed by atoms with van der Waals surface area (Å²) in [6.45, 7) is 2.92. The van der Waals surface area contributed by atoms with E-state index in [-0.39, 0.29) is 18.8 Å². The first kappa shape index (κ1) is 17.6. The van der Waals surface area contributed by atoms with Gasteiger partial charge in [0.25, 0.3) is 0 Å². The number of rotatable bonds is 7. The molecule has 0 aliphatic carbocycles. The second-order valence-corrected chi connectivity index (χ2v) is 4.41. The van der Waals surface area contributed by atoms with Gasteiger partial charge in [0.05, 0.1) is 6.61 Å². The predicted molar refractivity (Wildman–Crippen MR) is 79.2 cm³/mol. The minimum Gasteiger partial charge on any atom is -0.460 e. The summed E-state index contributed by atoms with van der Waals surface area (Å²) in [5, 5.41) is 0. The van der Waals surface area contributed by atoms with Gasteiger partial charge in [-0.2, -0.15) is 0 Å². The van der Waals surface area contributed by atoms with E-state index < -0.39 is 17.7 Å². The maximum Gasteiger partial charge on any atom is 0.341 e. The average molecular weight is 306 g/mol. The number of benzene rings is 1. The Morgan fingerprint density at radius 3 is 2.18 bits per heavy atom. The van der Waals surface area contributed by atoms with Crippen LogP contribution in [0, 0.1) is 0 Å². The molecule has 6 nitrogen and oxygen atoms in total. The highest BCUT2D eigenvalue weighted by Gasteiger charge is 2.16. The van der Waals surface area contributed by atoms with E-state index in [1.165, 1.54) is 27.0 Å². The molecule has 0 amide bonds. The maximum absolute atomic E-state index is 11.8. The third-order valence-electron chi connectivity index (χ3n) is 2.57. The first-order chi connectivity index (χ1) is 10.4. The van der Waals surface area contributed by atoms with Crippen LogP contribution >= 0.6 is 0 Å². The molecule has 0 bridgehead atoms. The Morgan fingerprint density at radius 1 is 1.05 bits per heavy atom. The summed E-state index contributed by atoms with van der Waals surface area (Å²) in [5.41, 5.74) is 0.557. The van der Waals surface area contributed by atoms with Crippen LogP contribution in [0.3, 0.4) is 0 Å². The number of ketones is 1. The highest BCUT2D eigenvalue weighted by Crippen LogP contribution is 2.15. The van der Waals surface area contributed by atoms with Crippen molar-refractivity contribution < 1.29 is 28.6 Å². The van der Waals surface area contributed by atoms with Gasteiger partial charge in [0, 0.05) is 14.0 Å². The second kappa shape index (κ2) is 8.74. The fourth-order valence-corrected chi connectivity index (χ4v) is 1.56. The molecule has 1 rings (SSSR count). The third kappa shape index (κ3) is 5.88. The van der Waals surface area contributed by atoms with Gasteiger partial charge in [-0.3, -0.25) is 9.59 Å². The smallest absolute Gasteiger partial charge is 0.341 e. The molecular weight excluding hydrogens is 288 g/mol. The molecule has 1 aromatic carbocycles. The lowest BCUT2D eigenvalue weighted by atomic mass is 10.1. The Morgan fingerprint density at radius 2 is 1.68 bits per heavy atom. The highest BCUT2D eigenvalue weighted by molar-refractivity contribution is 6.19. The number of methoxy groups -OCH3 is 1. The monoisotopic (exact) mass is 306 g/mol. The molecule has 118 valence electrons. The molecule has 0 saturated heterocycles. The van der Waals surface area contributed by atoms with Crippen LogP contribution in [0.15, 0.2) is 29.8 Å². The number of ether oxygens (including phenoxy) is 3. The van der Waals surface area contributed by atoms with E-state index >= 15 is 0 Å². The Labute approximate surface area is 128 Å². The number of carbonyl (C=O) groups is 3. The lowest BCUT2D eigenvalue weighted by Crippen LogP contribution is -2.16. The first-order valence-electron chi connectivity index (χ1n) is 6.61. The van der Waals surface area contributed by atoms with Gasteiger partial charge in [0.1, 0.15) is 17.9 Å². The third-order valence-corrected chi connectivity index (χ3v) is 2.57. The largest absolute Gasteiger partial charge is 0.460 e. The van der Waals surface area contributed by atoms with Crippen LogP contribution in [0.25, 0.3) is 6.08 Å². The minimum atomic E-state index is -0.700. The molecule has 1 aromatic rings. The summed E-state index contributed by atoms with van der Waals surface area (Å²) in [6.07, 6.45) is 1.43. The van der Waals surface area contributed by atoms with E-state index in [0.717, 1.165) is 0 Å². The van der Waals surface area contributed by atoms with Crippen LogP contribution in [-0.2, 0) is 23.9 Å². The van der Waals surface area contributed by atoms with Gasteiger partial charge in [0.15, 0.2) is 5.78 Å². The Bertz CT molecular complexity index is 571. The zero-order valence-corrected chi connectivity index (χ0v) is 12.8. The zero-order valence-electron chi connectivity index (χ0n) is 12.8. The van der Waals surface area contributed by atoms with Crippen LogP contribution in [0.2, 0.25) is 0 Å². The second-order valence-electron chi connectivity index (χ2n) is 4.41. The molecule has 0 aliphatic heterocycles. The van der Waals surface area contributed by atoms with Crippen LogP contribution in [0.4, 0.5) is 0 Å². The highest BCUT2D eigenvalue weighted by atomic mass is 16.6. The van der Waals surface area contributed by atoms with Gasteiger partial charge in [-0.05, 0) is 30.7 Å². The summed E-state index contributed by atoms with van der Waals surface area (Å²) >= 11 is 0. The Hall–Kier alpha value is -2.47. The van der Waals surface area contributed by atoms with Crippen molar-refractivity contribution in [2.24, 2.45) is 0 Å². The number of hydrogen-bond acceptors (Lipinski definition) is 6. The standard InChI is InChI=1S/C16H18O6/c1-11(17)15(16(19)21-9-8-20-3)10-13-4-6-14(7-5-13)22-12(2)18/h4-7,10H,8-9H2,1-3H3/b15-10-. The van der Waals surface area contributed by atoms with Crippen molar-refractivity contribution in [2.75, 3.05) is 20.3 Å². The normalized spacial score (nSPS) is 11.0. The summed E-state index contributed by atoms with van der Waals surface area (Å²) < 4.78 is 14.6. The van der Waals surface area contributed by atoms with E-state index in [0.29, 0.717) is 11.3 Å². The molecule has 0 fully saturated rings. The van der Waals surface area contributed by atoms with Gasteiger partial charge in [0.2, 0.25) is 0 Å². The number of carbonyl (C=O) groups excluding carboxylic acids is 3. The van der Waals surface area contributed by atoms with E-state index in [4.69, 9.17) is 14.2 Å². The topological polar surface area (TPSA) is 78.9 Å². The van der Waals surface area contributed by atoms with Crippen LogP contribution < -0.4 is 4.74 Å². The molecule has 0 N–H and O–H groups in total. The molecule has 0 radical (unpaired) electrons. The van der Waals surface area contributed by atoms with Gasteiger partial charge >= 0.3 is 11.9 Å². The quantitative estimate of drug-likeness (QED) is 0.191. The molecule has 0 aromatic heterocycles. The SMILES string of the molecule is COCCOC(=O)/C(=C\c1ccc(OC(C)=O)cc1)C(C)=O. The first-order valence-corrected chi connectivity index (χ1v) is 6.61. The predicted octanol–water partition coefficient (Wildman–Crippen LogP) is 1.77. The van der Waals surface area contributed by atoms with E-state index in [2.05, 4.69) is 0 Å². The van der Waals surface area contributed by atoms with Crippen molar-refractivity contribution in [2.45, 2.75) is 13.8 Å². The van der Waals surface area contributed by atoms with Crippen molar-refractivity contribution in [3.05, 3.63) is 35.4 Å². The number of Topliss-reactive ketones (excluding diaryl/α,β-unsaturated/α-hetero) is 1. The van der Waals surface area contributed by atoms with Gasteiger partial charge in [-0.1, -0.05) is 12.1 Å². The van der Waals surface area contributed by atoms with Crippen LogP contribution in [-0.4, -0.2) is 38.0 Å². The Balaban J connectivity index is 2.86. The lowest BCUT2D eigenvalue weighted by Gasteiger charge is -2.06. The van der Waals surface area contributed by atoms with Crippen molar-refractivity contribution >= 4 is 23.8 Å². The summed E-state index contributed by atoms with van der Waals surface area (Å²) in [7, 11) is 1.49. The van der Waals surface area contributed by atoms with E-state index in [1.807, 2.05) is 0 Å². The van der Waals surface area contributed by atoms with Crippen molar-refractivity contribution in [1.29, 1.82) is 0 Å². The molecule has 0 aliphatic rings. The fraction of sp³-hybridized carbons (Fsp3) is 0.312. The molecule has 0 saturated carbocycles. The average Bonchev–Trinajstić information content (AvgIpc) is 2.45. The Kier molecular flexibility index (Phi) is 6.98. The molecule has 0 unspecified atom stereocenters. The van der Waals surface area contributed by atoms with Crippen LogP contribution in [0.1, 0.15) is 19.4 Å². The van der Waals surface area contributed by atoms with Gasteiger partial charge in [-0.25, -0.2) is 4.79 Å². The summed E-state index contributed by atoms with van der Waals surface area (Å²) in [4.78, 5) is 34.2. The molecule has 6 heteroatoms. The molecule has 0 heterocycles. The van der Waals surface area contributed by atoms with Crippen LogP contribution in [0.5, 0.6) is 5.75 Å². The van der Waals surface area contributed by atoms with E-state index in [9.17, 15) is 14.4 Å². The minimum absolute atomic E-state index is 0.0589. The number of esters is 2. The van der Waals surface area contributed by atoms with Gasteiger partial charge in [-0.15, -0.1) is 0 Å². The molecule has 0 spiro atoms. The van der Waals surface area contributed by atoms with Crippen molar-refractivity contribution in [3.8, 4) is 5.75 Å². The summed E-state index contributed by atoms with van der Waals surface area (Å²) in [5.74, 6) is -1.13. The van der Waals surface area contributed by atoms with Crippen molar-refractivity contribution in [1.82, 2.24) is 0 Å². The maximum atomic E-state index is 11.8. The fourth-order valence-electron chi connectivity index (χ4n) is 1.56. The lowest BCUT2D eigenvalue weighted by molar-refractivity contribution is -0.141. The molecule has 22 heavy (non-hydrogen) atoms. The number of hydrogen-bond donors (Lipinski definition) is 0.